The van der Waals surface area contributed by atoms with Crippen LogP contribution in [-0.4, -0.2) is 57.5 Å². The number of thioether (sulfide) groups is 1. The maximum atomic E-state index is 12.8. The Bertz CT molecular complexity index is 602. The molecule has 3 heterocycles. The largest absolute Gasteiger partial charge is 0.333 e. The highest BCUT2D eigenvalue weighted by Crippen LogP contribution is 2.44. The second-order valence-electron chi connectivity index (χ2n) is 7.40. The molecule has 1 N–H and O–H groups in total. The zero-order valence-electron chi connectivity index (χ0n) is 14.5. The van der Waals surface area contributed by atoms with E-state index in [0.29, 0.717) is 13.1 Å². The third-order valence-electron chi connectivity index (χ3n) is 4.47. The van der Waals surface area contributed by atoms with Crippen LogP contribution in [0.15, 0.2) is 17.5 Å². The van der Waals surface area contributed by atoms with E-state index in [1.807, 2.05) is 59.8 Å². The molecule has 24 heavy (non-hydrogen) atoms. The van der Waals surface area contributed by atoms with Gasteiger partial charge in [-0.15, -0.1) is 23.1 Å². The molecule has 0 saturated carbocycles. The van der Waals surface area contributed by atoms with Crippen LogP contribution in [0.5, 0.6) is 0 Å². The SMILES string of the molecule is CC(C)(C)NC(=O)N1CCC2(CC1)SCCN2C(=O)c1cccs1. The number of likely N-dealkylation sites (tertiary alicyclic amines) is 1. The molecule has 1 aromatic heterocycles. The molecule has 1 spiro atoms. The van der Waals surface area contributed by atoms with Crippen molar-refractivity contribution in [2.45, 2.75) is 44.0 Å². The van der Waals surface area contributed by atoms with Gasteiger partial charge in [-0.3, -0.25) is 4.79 Å². The number of nitrogens with zero attached hydrogens (tertiary/aromatic N) is 2. The summed E-state index contributed by atoms with van der Waals surface area (Å²) in [5.41, 5.74) is -0.227. The zero-order valence-corrected chi connectivity index (χ0v) is 16.1. The van der Waals surface area contributed by atoms with Crippen molar-refractivity contribution in [3.05, 3.63) is 22.4 Å². The summed E-state index contributed by atoms with van der Waals surface area (Å²) < 4.78 is 0. The Hall–Kier alpha value is -1.21. The summed E-state index contributed by atoms with van der Waals surface area (Å²) >= 11 is 3.38. The number of rotatable bonds is 1. The van der Waals surface area contributed by atoms with Crippen molar-refractivity contribution >= 4 is 35.0 Å². The predicted octanol–water partition coefficient (Wildman–Crippen LogP) is 3.24. The van der Waals surface area contributed by atoms with Crippen molar-refractivity contribution in [3.63, 3.8) is 0 Å². The zero-order chi connectivity index (χ0) is 17.4. The lowest BCUT2D eigenvalue weighted by molar-refractivity contribution is 0.0583. The van der Waals surface area contributed by atoms with E-state index in [4.69, 9.17) is 0 Å². The van der Waals surface area contributed by atoms with Gasteiger partial charge in [0, 0.05) is 30.9 Å². The average Bonchev–Trinajstić information content (AvgIpc) is 3.16. The minimum Gasteiger partial charge on any atom is -0.333 e. The smallest absolute Gasteiger partial charge is 0.317 e. The van der Waals surface area contributed by atoms with Crippen LogP contribution in [-0.2, 0) is 0 Å². The normalized spacial score (nSPS) is 20.5. The molecular formula is C17H25N3O2S2. The molecule has 2 aliphatic rings. The summed E-state index contributed by atoms with van der Waals surface area (Å²) in [5.74, 6) is 1.12. The summed E-state index contributed by atoms with van der Waals surface area (Å²) in [4.78, 5) is 29.8. The lowest BCUT2D eigenvalue weighted by Gasteiger charge is -2.44. The van der Waals surface area contributed by atoms with Crippen LogP contribution in [0.4, 0.5) is 4.79 Å². The van der Waals surface area contributed by atoms with Gasteiger partial charge in [-0.05, 0) is 45.1 Å². The first-order chi connectivity index (χ1) is 11.3. The lowest BCUT2D eigenvalue weighted by atomic mass is 10.0. The van der Waals surface area contributed by atoms with Gasteiger partial charge < -0.3 is 15.1 Å². The van der Waals surface area contributed by atoms with E-state index < -0.39 is 0 Å². The van der Waals surface area contributed by atoms with Gasteiger partial charge >= 0.3 is 6.03 Å². The molecule has 2 fully saturated rings. The summed E-state index contributed by atoms with van der Waals surface area (Å²) in [6.07, 6.45) is 1.68. The van der Waals surface area contributed by atoms with E-state index in [-0.39, 0.29) is 22.3 Å². The Labute approximate surface area is 151 Å². The molecule has 0 aromatic carbocycles. The molecule has 0 aliphatic carbocycles. The topological polar surface area (TPSA) is 52.7 Å². The summed E-state index contributed by atoms with van der Waals surface area (Å²) in [6.45, 7) is 8.17. The molecule has 2 aliphatic heterocycles. The van der Waals surface area contributed by atoms with E-state index in [0.717, 1.165) is 30.0 Å². The Morgan fingerprint density at radius 3 is 2.50 bits per heavy atom. The number of urea groups is 1. The molecule has 2 saturated heterocycles. The highest BCUT2D eigenvalue weighted by Gasteiger charge is 2.47. The van der Waals surface area contributed by atoms with E-state index >= 15 is 0 Å². The van der Waals surface area contributed by atoms with Gasteiger partial charge in [0.05, 0.1) is 9.75 Å². The molecular weight excluding hydrogens is 342 g/mol. The number of hydrogen-bond acceptors (Lipinski definition) is 4. The number of carbonyl (C=O) groups excluding carboxylic acids is 2. The number of piperidine rings is 1. The third-order valence-corrected chi connectivity index (χ3v) is 6.88. The molecule has 132 valence electrons. The van der Waals surface area contributed by atoms with Crippen LogP contribution >= 0.6 is 23.1 Å². The van der Waals surface area contributed by atoms with E-state index in [9.17, 15) is 9.59 Å². The Kier molecular flexibility index (Phi) is 4.84. The average molecular weight is 368 g/mol. The Morgan fingerprint density at radius 1 is 1.21 bits per heavy atom. The number of nitrogens with one attached hydrogen (secondary N) is 1. The van der Waals surface area contributed by atoms with Gasteiger partial charge in [0.25, 0.3) is 5.91 Å². The number of hydrogen-bond donors (Lipinski definition) is 1. The van der Waals surface area contributed by atoms with E-state index in [1.165, 1.54) is 11.3 Å². The molecule has 0 bridgehead atoms. The van der Waals surface area contributed by atoms with Crippen LogP contribution in [0.2, 0.25) is 0 Å². The Balaban J connectivity index is 1.65. The fourth-order valence-electron chi connectivity index (χ4n) is 3.30. The van der Waals surface area contributed by atoms with Gasteiger partial charge in [0.2, 0.25) is 0 Å². The molecule has 0 atom stereocenters. The van der Waals surface area contributed by atoms with Gasteiger partial charge in [-0.2, -0.15) is 0 Å². The molecule has 0 unspecified atom stereocenters. The summed E-state index contributed by atoms with van der Waals surface area (Å²) in [6, 6.07) is 3.82. The molecule has 3 rings (SSSR count). The second-order valence-corrected chi connectivity index (χ2v) is 9.80. The van der Waals surface area contributed by atoms with Gasteiger partial charge in [0.15, 0.2) is 0 Å². The third kappa shape index (κ3) is 3.57. The van der Waals surface area contributed by atoms with Crippen molar-refractivity contribution in [2.24, 2.45) is 0 Å². The molecule has 0 radical (unpaired) electrons. The fourth-order valence-corrected chi connectivity index (χ4v) is 5.43. The fraction of sp³-hybridized carbons (Fsp3) is 0.647. The first-order valence-electron chi connectivity index (χ1n) is 8.37. The lowest BCUT2D eigenvalue weighted by Crippen LogP contribution is -2.56. The molecule has 1 aromatic rings. The van der Waals surface area contributed by atoms with Crippen LogP contribution in [0.3, 0.4) is 0 Å². The van der Waals surface area contributed by atoms with Gasteiger partial charge in [-0.25, -0.2) is 4.79 Å². The van der Waals surface area contributed by atoms with Crippen molar-refractivity contribution in [1.82, 2.24) is 15.1 Å². The summed E-state index contributed by atoms with van der Waals surface area (Å²) in [7, 11) is 0. The highest BCUT2D eigenvalue weighted by atomic mass is 32.2. The number of carbonyl (C=O) groups is 2. The minimum atomic E-state index is -0.227. The van der Waals surface area contributed by atoms with E-state index in [1.54, 1.807) is 0 Å². The van der Waals surface area contributed by atoms with Crippen LogP contribution in [0, 0.1) is 0 Å². The van der Waals surface area contributed by atoms with Crippen molar-refractivity contribution in [3.8, 4) is 0 Å². The minimum absolute atomic E-state index is 0.00326. The maximum Gasteiger partial charge on any atom is 0.317 e. The van der Waals surface area contributed by atoms with Crippen LogP contribution in [0.25, 0.3) is 0 Å². The maximum absolute atomic E-state index is 12.8. The Morgan fingerprint density at radius 2 is 1.92 bits per heavy atom. The quantitative estimate of drug-likeness (QED) is 0.829. The van der Waals surface area contributed by atoms with Crippen LogP contribution in [0.1, 0.15) is 43.3 Å². The molecule has 7 heteroatoms. The van der Waals surface area contributed by atoms with E-state index in [2.05, 4.69) is 5.32 Å². The van der Waals surface area contributed by atoms with Crippen molar-refractivity contribution < 1.29 is 9.59 Å². The predicted molar refractivity (Wildman–Crippen MR) is 99.6 cm³/mol. The summed E-state index contributed by atoms with van der Waals surface area (Å²) in [5, 5.41) is 4.97. The van der Waals surface area contributed by atoms with Crippen molar-refractivity contribution in [2.75, 3.05) is 25.4 Å². The molecule has 3 amide bonds. The first kappa shape index (κ1) is 17.6. The number of thiophene rings is 1. The standard InChI is InChI=1S/C17H25N3O2S2/c1-16(2,3)18-15(22)19-8-6-17(7-9-19)20(10-12-24-17)14(21)13-5-4-11-23-13/h4-5,11H,6-10,12H2,1-3H3,(H,18,22). The first-order valence-corrected chi connectivity index (χ1v) is 10.2. The number of amides is 3. The van der Waals surface area contributed by atoms with Gasteiger partial charge in [-0.1, -0.05) is 6.07 Å². The van der Waals surface area contributed by atoms with Gasteiger partial charge in [0.1, 0.15) is 0 Å². The van der Waals surface area contributed by atoms with Crippen molar-refractivity contribution in [1.29, 1.82) is 0 Å². The van der Waals surface area contributed by atoms with Crippen LogP contribution < -0.4 is 5.32 Å². The second kappa shape index (κ2) is 6.59. The monoisotopic (exact) mass is 367 g/mol. The highest BCUT2D eigenvalue weighted by molar-refractivity contribution is 8.00. The molecule has 5 nitrogen and oxygen atoms in total.